The van der Waals surface area contributed by atoms with Crippen molar-refractivity contribution in [1.82, 2.24) is 10.2 Å². The Morgan fingerprint density at radius 3 is 3.00 bits per heavy atom. The van der Waals surface area contributed by atoms with Crippen molar-refractivity contribution in [3.8, 4) is 0 Å². The first kappa shape index (κ1) is 13.4. The predicted octanol–water partition coefficient (Wildman–Crippen LogP) is -0.406. The fourth-order valence-electron chi connectivity index (χ4n) is 2.20. The number of hydrogen-bond donors (Lipinski definition) is 2. The van der Waals surface area contributed by atoms with Gasteiger partial charge in [-0.05, 0) is 26.3 Å². The highest BCUT2D eigenvalue weighted by atomic mass is 16.5. The van der Waals surface area contributed by atoms with Crippen molar-refractivity contribution in [2.75, 3.05) is 33.9 Å². The van der Waals surface area contributed by atoms with Crippen LogP contribution in [0.25, 0.3) is 0 Å². The number of ether oxygens (including phenoxy) is 1. The number of piperidine rings is 1. The summed E-state index contributed by atoms with van der Waals surface area (Å²) in [7, 11) is 3.43. The van der Waals surface area contributed by atoms with Crippen LogP contribution in [0.3, 0.4) is 0 Å². The topological polar surface area (TPSA) is 61.8 Å². The smallest absolute Gasteiger partial charge is 0.240 e. The Kier molecular flexibility index (Phi) is 5.73. The third kappa shape index (κ3) is 3.17. The van der Waals surface area contributed by atoms with Gasteiger partial charge in [-0.1, -0.05) is 0 Å². The van der Waals surface area contributed by atoms with Gasteiger partial charge in [0.1, 0.15) is 0 Å². The van der Waals surface area contributed by atoms with E-state index in [0.717, 1.165) is 19.4 Å². The molecule has 2 N–H and O–H groups in total. The average molecular weight is 230 g/mol. The number of aliphatic hydroxyl groups is 1. The zero-order valence-corrected chi connectivity index (χ0v) is 10.1. The maximum Gasteiger partial charge on any atom is 0.240 e. The number of carbonyl (C=O) groups is 1. The molecular weight excluding hydrogens is 208 g/mol. The molecule has 0 saturated carbocycles. The Balaban J connectivity index is 2.63. The first-order chi connectivity index (χ1) is 7.74. The molecule has 0 bridgehead atoms. The second-order valence-corrected chi connectivity index (χ2v) is 4.14. The number of hydrogen-bond acceptors (Lipinski definition) is 4. The lowest BCUT2D eigenvalue weighted by atomic mass is 10.0. The van der Waals surface area contributed by atoms with Gasteiger partial charge in [0.15, 0.2) is 0 Å². The van der Waals surface area contributed by atoms with Gasteiger partial charge in [-0.3, -0.25) is 4.79 Å². The third-order valence-corrected chi connectivity index (χ3v) is 3.08. The van der Waals surface area contributed by atoms with Crippen LogP contribution in [0.15, 0.2) is 0 Å². The molecule has 1 amide bonds. The van der Waals surface area contributed by atoms with Gasteiger partial charge in [0.05, 0.1) is 18.7 Å². The Hall–Kier alpha value is -0.650. The van der Waals surface area contributed by atoms with Crippen molar-refractivity contribution >= 4 is 5.91 Å². The SMILES string of the molecule is CNC1CCCN(C(CCO)COC)C1=O. The molecule has 1 rings (SSSR count). The van der Waals surface area contributed by atoms with Gasteiger partial charge >= 0.3 is 0 Å². The molecule has 1 saturated heterocycles. The van der Waals surface area contributed by atoms with E-state index >= 15 is 0 Å². The summed E-state index contributed by atoms with van der Waals surface area (Å²) in [5.41, 5.74) is 0. The van der Waals surface area contributed by atoms with Gasteiger partial charge in [-0.15, -0.1) is 0 Å². The van der Waals surface area contributed by atoms with E-state index in [9.17, 15) is 4.79 Å². The number of likely N-dealkylation sites (N-methyl/N-ethyl adjacent to an activating group) is 1. The van der Waals surface area contributed by atoms with Gasteiger partial charge in [0, 0.05) is 20.3 Å². The van der Waals surface area contributed by atoms with Crippen molar-refractivity contribution in [1.29, 1.82) is 0 Å². The van der Waals surface area contributed by atoms with Crippen molar-refractivity contribution in [2.45, 2.75) is 31.3 Å². The summed E-state index contributed by atoms with van der Waals surface area (Å²) in [6, 6.07) is -0.0783. The van der Waals surface area contributed by atoms with Crippen LogP contribution in [0.4, 0.5) is 0 Å². The number of amides is 1. The molecule has 0 aliphatic carbocycles. The summed E-state index contributed by atoms with van der Waals surface area (Å²) in [5, 5.41) is 12.0. The molecule has 0 aromatic rings. The molecule has 1 heterocycles. The van der Waals surface area contributed by atoms with Crippen LogP contribution < -0.4 is 5.32 Å². The van der Waals surface area contributed by atoms with Gasteiger partial charge in [0.25, 0.3) is 0 Å². The minimum Gasteiger partial charge on any atom is -0.396 e. The Bertz CT molecular complexity index is 217. The zero-order chi connectivity index (χ0) is 12.0. The fourth-order valence-corrected chi connectivity index (χ4v) is 2.20. The summed E-state index contributed by atoms with van der Waals surface area (Å²) in [6.45, 7) is 1.34. The van der Waals surface area contributed by atoms with Crippen LogP contribution in [0.2, 0.25) is 0 Å². The monoisotopic (exact) mass is 230 g/mol. The van der Waals surface area contributed by atoms with E-state index in [-0.39, 0.29) is 24.6 Å². The summed E-state index contributed by atoms with van der Waals surface area (Å²) in [6.07, 6.45) is 2.48. The summed E-state index contributed by atoms with van der Waals surface area (Å²) in [4.78, 5) is 13.9. The average Bonchev–Trinajstić information content (AvgIpc) is 2.29. The normalized spacial score (nSPS) is 23.6. The number of likely N-dealkylation sites (tertiary alicyclic amines) is 1. The van der Waals surface area contributed by atoms with Crippen molar-refractivity contribution in [3.05, 3.63) is 0 Å². The zero-order valence-electron chi connectivity index (χ0n) is 10.1. The number of nitrogens with zero attached hydrogens (tertiary/aromatic N) is 1. The fraction of sp³-hybridized carbons (Fsp3) is 0.909. The molecule has 0 aromatic carbocycles. The second kappa shape index (κ2) is 6.83. The van der Waals surface area contributed by atoms with E-state index in [1.54, 1.807) is 7.11 Å². The molecule has 0 aromatic heterocycles. The highest BCUT2D eigenvalue weighted by Gasteiger charge is 2.31. The van der Waals surface area contributed by atoms with Crippen LogP contribution in [0.5, 0.6) is 0 Å². The van der Waals surface area contributed by atoms with Gasteiger partial charge in [-0.25, -0.2) is 0 Å². The number of aliphatic hydroxyl groups excluding tert-OH is 1. The maximum atomic E-state index is 12.1. The minimum atomic E-state index is -0.0770. The summed E-state index contributed by atoms with van der Waals surface area (Å²) < 4.78 is 5.10. The molecule has 16 heavy (non-hydrogen) atoms. The first-order valence-electron chi connectivity index (χ1n) is 5.82. The van der Waals surface area contributed by atoms with Crippen molar-refractivity contribution in [3.63, 3.8) is 0 Å². The predicted molar refractivity (Wildman–Crippen MR) is 61.2 cm³/mol. The number of carbonyl (C=O) groups excluding carboxylic acids is 1. The highest BCUT2D eigenvalue weighted by Crippen LogP contribution is 2.16. The molecule has 1 fully saturated rings. The Labute approximate surface area is 96.8 Å². The first-order valence-corrected chi connectivity index (χ1v) is 5.82. The number of nitrogens with one attached hydrogen (secondary N) is 1. The number of methoxy groups -OCH3 is 1. The Morgan fingerprint density at radius 2 is 2.44 bits per heavy atom. The second-order valence-electron chi connectivity index (χ2n) is 4.14. The molecule has 1 aliphatic rings. The quantitative estimate of drug-likeness (QED) is 0.651. The molecule has 0 spiro atoms. The lowest BCUT2D eigenvalue weighted by molar-refractivity contribution is -0.140. The van der Waals surface area contributed by atoms with Crippen LogP contribution in [0.1, 0.15) is 19.3 Å². The standard InChI is InChI=1S/C11H22N2O3/c1-12-10-4-3-6-13(11(10)15)9(5-7-14)8-16-2/h9-10,12,14H,3-8H2,1-2H3. The molecule has 2 unspecified atom stereocenters. The van der Waals surface area contributed by atoms with Crippen LogP contribution >= 0.6 is 0 Å². The third-order valence-electron chi connectivity index (χ3n) is 3.08. The van der Waals surface area contributed by atoms with E-state index in [0.29, 0.717) is 13.0 Å². The van der Waals surface area contributed by atoms with E-state index in [1.807, 2.05) is 11.9 Å². The van der Waals surface area contributed by atoms with Gasteiger partial charge in [-0.2, -0.15) is 0 Å². The molecule has 1 aliphatic heterocycles. The minimum absolute atomic E-state index is 0.00125. The highest BCUT2D eigenvalue weighted by molar-refractivity contribution is 5.82. The van der Waals surface area contributed by atoms with Crippen molar-refractivity contribution < 1.29 is 14.6 Å². The molecule has 0 radical (unpaired) electrons. The van der Waals surface area contributed by atoms with E-state index in [1.165, 1.54) is 0 Å². The van der Waals surface area contributed by atoms with Gasteiger partial charge in [0.2, 0.25) is 5.91 Å². The van der Waals surface area contributed by atoms with E-state index < -0.39 is 0 Å². The van der Waals surface area contributed by atoms with Crippen molar-refractivity contribution in [2.24, 2.45) is 0 Å². The lowest BCUT2D eigenvalue weighted by Gasteiger charge is -2.37. The van der Waals surface area contributed by atoms with Crippen LogP contribution in [-0.4, -0.2) is 61.9 Å². The van der Waals surface area contributed by atoms with E-state index in [2.05, 4.69) is 5.32 Å². The van der Waals surface area contributed by atoms with Gasteiger partial charge < -0.3 is 20.1 Å². The lowest BCUT2D eigenvalue weighted by Crippen LogP contribution is -2.54. The molecular formula is C11H22N2O3. The molecule has 5 heteroatoms. The Morgan fingerprint density at radius 1 is 1.69 bits per heavy atom. The molecule has 94 valence electrons. The largest absolute Gasteiger partial charge is 0.396 e. The van der Waals surface area contributed by atoms with Crippen LogP contribution in [-0.2, 0) is 9.53 Å². The maximum absolute atomic E-state index is 12.1. The summed E-state index contributed by atoms with van der Waals surface area (Å²) >= 11 is 0. The molecule has 5 nitrogen and oxygen atoms in total. The van der Waals surface area contributed by atoms with Crippen LogP contribution in [0, 0.1) is 0 Å². The summed E-state index contributed by atoms with van der Waals surface area (Å²) in [5.74, 6) is 0.129. The van der Waals surface area contributed by atoms with E-state index in [4.69, 9.17) is 9.84 Å². The molecule has 2 atom stereocenters. The number of rotatable bonds is 6.